The van der Waals surface area contributed by atoms with Crippen molar-refractivity contribution in [2.24, 2.45) is 0 Å². The third kappa shape index (κ3) is 3.06. The van der Waals surface area contributed by atoms with Gasteiger partial charge in [0.15, 0.2) is 0 Å². The van der Waals surface area contributed by atoms with Crippen LogP contribution in [0.25, 0.3) is 0 Å². The Hall–Kier alpha value is -1.55. The third-order valence-corrected chi connectivity index (χ3v) is 1.85. The number of nitrogens with one attached hydrogen (secondary N) is 1. The Kier molecular flexibility index (Phi) is 3.94. The zero-order valence-corrected chi connectivity index (χ0v) is 8.36. The molecule has 0 bridgehead atoms. The van der Waals surface area contributed by atoms with Gasteiger partial charge in [0.2, 0.25) is 6.41 Å². The van der Waals surface area contributed by atoms with Gasteiger partial charge < -0.3 is 4.74 Å². The van der Waals surface area contributed by atoms with Gasteiger partial charge in [-0.1, -0.05) is 12.1 Å². The second kappa shape index (κ2) is 5.24. The van der Waals surface area contributed by atoms with Crippen molar-refractivity contribution in [2.75, 3.05) is 14.2 Å². The van der Waals surface area contributed by atoms with Crippen LogP contribution in [0.5, 0.6) is 5.75 Å². The molecule has 0 aliphatic carbocycles. The molecule has 0 unspecified atom stereocenters. The highest BCUT2D eigenvalue weighted by Gasteiger charge is 1.98. The molecule has 0 saturated carbocycles. The summed E-state index contributed by atoms with van der Waals surface area (Å²) in [5.41, 5.74) is 3.66. The van der Waals surface area contributed by atoms with Crippen molar-refractivity contribution in [3.8, 4) is 5.75 Å². The topological polar surface area (TPSA) is 41.6 Å². The molecule has 0 fully saturated rings. The number of amides is 1. The molecule has 1 aromatic carbocycles. The molecule has 0 heterocycles. The summed E-state index contributed by atoms with van der Waals surface area (Å²) in [6, 6.07) is 7.71. The standard InChI is InChI=1S/C10H14N2O2/c1-12(11-8-13)7-9-3-5-10(14-2)6-4-9/h3-6,8H,7H2,1-2H3,(H,11,13). The first kappa shape index (κ1) is 10.5. The highest BCUT2D eigenvalue weighted by atomic mass is 16.5. The second-order valence-electron chi connectivity index (χ2n) is 2.95. The maximum Gasteiger partial charge on any atom is 0.221 e. The van der Waals surface area contributed by atoms with Crippen LogP contribution in [0.3, 0.4) is 0 Å². The minimum atomic E-state index is 0.656. The smallest absolute Gasteiger partial charge is 0.221 e. The van der Waals surface area contributed by atoms with Crippen molar-refractivity contribution in [1.29, 1.82) is 0 Å². The number of methoxy groups -OCH3 is 1. The lowest BCUT2D eigenvalue weighted by Crippen LogP contribution is -2.32. The van der Waals surface area contributed by atoms with Gasteiger partial charge in [-0.15, -0.1) is 0 Å². The molecular weight excluding hydrogens is 180 g/mol. The van der Waals surface area contributed by atoms with Crippen molar-refractivity contribution in [1.82, 2.24) is 10.4 Å². The quantitative estimate of drug-likeness (QED) is 0.556. The zero-order chi connectivity index (χ0) is 10.4. The SMILES string of the molecule is COc1ccc(CN(C)NC=O)cc1. The van der Waals surface area contributed by atoms with E-state index < -0.39 is 0 Å². The van der Waals surface area contributed by atoms with E-state index in [0.717, 1.165) is 11.3 Å². The van der Waals surface area contributed by atoms with Crippen LogP contribution in [0.2, 0.25) is 0 Å². The molecule has 4 nitrogen and oxygen atoms in total. The van der Waals surface area contributed by atoms with Gasteiger partial charge in [-0.05, 0) is 17.7 Å². The van der Waals surface area contributed by atoms with E-state index in [0.29, 0.717) is 13.0 Å². The summed E-state index contributed by atoms with van der Waals surface area (Å²) >= 11 is 0. The Morgan fingerprint density at radius 3 is 2.57 bits per heavy atom. The maximum atomic E-state index is 10.1. The Morgan fingerprint density at radius 1 is 1.43 bits per heavy atom. The fourth-order valence-electron chi connectivity index (χ4n) is 1.14. The lowest BCUT2D eigenvalue weighted by atomic mass is 10.2. The first-order chi connectivity index (χ1) is 6.76. The van der Waals surface area contributed by atoms with Crippen molar-refractivity contribution < 1.29 is 9.53 Å². The Morgan fingerprint density at radius 2 is 2.07 bits per heavy atom. The zero-order valence-electron chi connectivity index (χ0n) is 8.36. The number of benzene rings is 1. The first-order valence-electron chi connectivity index (χ1n) is 4.30. The summed E-state index contributed by atoms with van der Waals surface area (Å²) in [7, 11) is 3.44. The van der Waals surface area contributed by atoms with Gasteiger partial charge in [-0.3, -0.25) is 10.2 Å². The predicted molar refractivity (Wildman–Crippen MR) is 53.7 cm³/mol. The van der Waals surface area contributed by atoms with Crippen LogP contribution < -0.4 is 10.2 Å². The fourth-order valence-corrected chi connectivity index (χ4v) is 1.14. The Bertz CT molecular complexity index is 285. The van der Waals surface area contributed by atoms with Crippen molar-refractivity contribution in [3.63, 3.8) is 0 Å². The minimum Gasteiger partial charge on any atom is -0.497 e. The van der Waals surface area contributed by atoms with Crippen LogP contribution >= 0.6 is 0 Å². The average Bonchev–Trinajstić information content (AvgIpc) is 2.19. The number of rotatable bonds is 5. The van der Waals surface area contributed by atoms with Crippen molar-refractivity contribution in [2.45, 2.75) is 6.54 Å². The molecule has 1 aromatic rings. The molecule has 76 valence electrons. The molecule has 0 atom stereocenters. The van der Waals surface area contributed by atoms with Crippen LogP contribution in [0.15, 0.2) is 24.3 Å². The largest absolute Gasteiger partial charge is 0.497 e. The van der Waals surface area contributed by atoms with Gasteiger partial charge >= 0.3 is 0 Å². The van der Waals surface area contributed by atoms with E-state index >= 15 is 0 Å². The van der Waals surface area contributed by atoms with E-state index in [1.807, 2.05) is 24.3 Å². The normalized spacial score (nSPS) is 9.93. The summed E-state index contributed by atoms with van der Waals surface area (Å²) in [5.74, 6) is 0.833. The number of hydrazine groups is 1. The van der Waals surface area contributed by atoms with Gasteiger partial charge in [0.05, 0.1) is 7.11 Å². The van der Waals surface area contributed by atoms with Crippen LogP contribution in [0.1, 0.15) is 5.56 Å². The van der Waals surface area contributed by atoms with E-state index in [1.165, 1.54) is 0 Å². The monoisotopic (exact) mass is 194 g/mol. The molecule has 0 aliphatic heterocycles. The fraction of sp³-hybridized carbons (Fsp3) is 0.300. The number of carbonyl (C=O) groups is 1. The number of carbonyl (C=O) groups excluding carboxylic acids is 1. The van der Waals surface area contributed by atoms with Crippen LogP contribution in [-0.4, -0.2) is 25.6 Å². The van der Waals surface area contributed by atoms with Crippen molar-refractivity contribution >= 4 is 6.41 Å². The molecule has 1 amide bonds. The molecular formula is C10H14N2O2. The summed E-state index contributed by atoms with van der Waals surface area (Å²) in [4.78, 5) is 10.1. The van der Waals surface area contributed by atoms with E-state index in [9.17, 15) is 4.79 Å². The molecule has 14 heavy (non-hydrogen) atoms. The summed E-state index contributed by atoms with van der Waals surface area (Å²) in [6.45, 7) is 0.669. The summed E-state index contributed by atoms with van der Waals surface area (Å²) < 4.78 is 5.04. The van der Waals surface area contributed by atoms with Gasteiger partial charge in [0.25, 0.3) is 0 Å². The molecule has 0 spiro atoms. The van der Waals surface area contributed by atoms with Gasteiger partial charge in [-0.25, -0.2) is 5.01 Å². The van der Waals surface area contributed by atoms with Gasteiger partial charge in [-0.2, -0.15) is 0 Å². The molecule has 0 aromatic heterocycles. The molecule has 1 rings (SSSR count). The molecule has 1 N–H and O–H groups in total. The lowest BCUT2D eigenvalue weighted by molar-refractivity contribution is -0.113. The Balaban J connectivity index is 2.54. The van der Waals surface area contributed by atoms with Gasteiger partial charge in [0, 0.05) is 13.6 Å². The average molecular weight is 194 g/mol. The lowest BCUT2D eigenvalue weighted by Gasteiger charge is -2.14. The number of nitrogens with zero attached hydrogens (tertiary/aromatic N) is 1. The molecule has 0 aliphatic rings. The predicted octanol–water partition coefficient (Wildman–Crippen LogP) is 0.788. The van der Waals surface area contributed by atoms with Crippen LogP contribution in [0.4, 0.5) is 0 Å². The summed E-state index contributed by atoms with van der Waals surface area (Å²) in [6.07, 6.45) is 0.656. The molecule has 4 heteroatoms. The molecule has 0 saturated heterocycles. The van der Waals surface area contributed by atoms with E-state index in [2.05, 4.69) is 5.43 Å². The maximum absolute atomic E-state index is 10.1. The van der Waals surface area contributed by atoms with Crippen LogP contribution in [-0.2, 0) is 11.3 Å². The van der Waals surface area contributed by atoms with Gasteiger partial charge in [0.1, 0.15) is 5.75 Å². The third-order valence-electron chi connectivity index (χ3n) is 1.85. The Labute approximate surface area is 83.4 Å². The first-order valence-corrected chi connectivity index (χ1v) is 4.30. The number of hydrogen-bond acceptors (Lipinski definition) is 3. The number of ether oxygens (including phenoxy) is 1. The minimum absolute atomic E-state index is 0.656. The molecule has 0 radical (unpaired) electrons. The van der Waals surface area contributed by atoms with E-state index in [-0.39, 0.29) is 0 Å². The summed E-state index contributed by atoms with van der Waals surface area (Å²) in [5, 5.41) is 1.70. The second-order valence-corrected chi connectivity index (χ2v) is 2.95. The van der Waals surface area contributed by atoms with E-state index in [4.69, 9.17) is 4.74 Å². The van der Waals surface area contributed by atoms with Crippen LogP contribution in [0, 0.1) is 0 Å². The number of hydrogen-bond donors (Lipinski definition) is 1. The van der Waals surface area contributed by atoms with Crippen molar-refractivity contribution in [3.05, 3.63) is 29.8 Å². The van der Waals surface area contributed by atoms with E-state index in [1.54, 1.807) is 19.2 Å². The highest BCUT2D eigenvalue weighted by Crippen LogP contribution is 2.11. The highest BCUT2D eigenvalue weighted by molar-refractivity contribution is 5.44.